The maximum atomic E-state index is 13.2. The summed E-state index contributed by atoms with van der Waals surface area (Å²) in [5.41, 5.74) is 1.63. The van der Waals surface area contributed by atoms with Gasteiger partial charge in [-0.25, -0.2) is 13.8 Å². The molecule has 0 radical (unpaired) electrons. The Morgan fingerprint density at radius 2 is 1.74 bits per heavy atom. The van der Waals surface area contributed by atoms with Crippen LogP contribution in [0.2, 0.25) is 0 Å². The summed E-state index contributed by atoms with van der Waals surface area (Å²) in [7, 11) is 1.72. The Labute approximate surface area is 107 Å². The van der Waals surface area contributed by atoms with E-state index in [4.69, 9.17) is 0 Å². The molecule has 0 atom stereocenters. The van der Waals surface area contributed by atoms with E-state index in [2.05, 4.69) is 4.98 Å². The minimum atomic E-state index is -0.522. The predicted molar refractivity (Wildman–Crippen MR) is 67.7 cm³/mol. The van der Waals surface area contributed by atoms with Gasteiger partial charge in [0.15, 0.2) is 0 Å². The Hall–Kier alpha value is -2.43. The van der Waals surface area contributed by atoms with E-state index in [1.807, 2.05) is 0 Å². The number of aromatic nitrogens is 2. The van der Waals surface area contributed by atoms with Crippen molar-refractivity contribution in [3.8, 4) is 17.1 Å². The van der Waals surface area contributed by atoms with Gasteiger partial charge in [0.1, 0.15) is 23.2 Å². The average molecular weight is 260 g/mol. The molecule has 0 saturated carbocycles. The van der Waals surface area contributed by atoms with Crippen LogP contribution >= 0.6 is 0 Å². The molecule has 2 aromatic carbocycles. The topological polar surface area (TPSA) is 38.0 Å². The first kappa shape index (κ1) is 11.6. The average Bonchev–Trinajstić information content (AvgIpc) is 2.67. The van der Waals surface area contributed by atoms with Crippen LogP contribution in [0.3, 0.4) is 0 Å². The second-order valence-corrected chi connectivity index (χ2v) is 4.29. The Morgan fingerprint density at radius 3 is 2.47 bits per heavy atom. The van der Waals surface area contributed by atoms with Crippen molar-refractivity contribution in [3.05, 3.63) is 48.0 Å². The third-order valence-corrected chi connectivity index (χ3v) is 3.04. The standard InChI is InChI=1S/C14H10F2N2O/c1-18-12-6-8(15)3-5-11(12)17-14(18)10-4-2-9(16)7-13(10)19/h2-7,19H,1H3. The normalized spacial score (nSPS) is 11.1. The third-order valence-electron chi connectivity index (χ3n) is 3.04. The number of nitrogens with zero attached hydrogens (tertiary/aromatic N) is 2. The molecular formula is C14H10F2N2O. The molecule has 19 heavy (non-hydrogen) atoms. The van der Waals surface area contributed by atoms with Crippen LogP contribution in [0.1, 0.15) is 0 Å². The molecule has 0 unspecified atom stereocenters. The molecule has 0 aliphatic heterocycles. The Balaban J connectivity index is 2.28. The van der Waals surface area contributed by atoms with Crippen LogP contribution in [-0.4, -0.2) is 14.7 Å². The lowest BCUT2D eigenvalue weighted by molar-refractivity contribution is 0.470. The van der Waals surface area contributed by atoms with Crippen LogP contribution in [0.5, 0.6) is 5.75 Å². The summed E-state index contributed by atoms with van der Waals surface area (Å²) in [6.07, 6.45) is 0. The number of aryl methyl sites for hydroxylation is 1. The molecule has 1 heterocycles. The molecule has 0 bridgehead atoms. The molecule has 0 saturated heterocycles. The van der Waals surface area contributed by atoms with Crippen molar-refractivity contribution in [3.63, 3.8) is 0 Å². The lowest BCUT2D eigenvalue weighted by Crippen LogP contribution is -1.93. The fourth-order valence-electron chi connectivity index (χ4n) is 2.10. The van der Waals surface area contributed by atoms with Gasteiger partial charge in [-0.2, -0.15) is 0 Å². The van der Waals surface area contributed by atoms with Gasteiger partial charge >= 0.3 is 0 Å². The number of halogens is 2. The van der Waals surface area contributed by atoms with Gasteiger partial charge in [0.05, 0.1) is 16.6 Å². The summed E-state index contributed by atoms with van der Waals surface area (Å²) in [6, 6.07) is 7.97. The summed E-state index contributed by atoms with van der Waals surface area (Å²) in [5.74, 6) is -0.617. The van der Waals surface area contributed by atoms with Crippen molar-refractivity contribution < 1.29 is 13.9 Å². The van der Waals surface area contributed by atoms with Gasteiger partial charge in [0.2, 0.25) is 0 Å². The van der Waals surface area contributed by atoms with E-state index in [0.717, 1.165) is 6.07 Å². The monoisotopic (exact) mass is 260 g/mol. The van der Waals surface area contributed by atoms with E-state index in [9.17, 15) is 13.9 Å². The lowest BCUT2D eigenvalue weighted by atomic mass is 10.2. The molecule has 0 aliphatic rings. The molecular weight excluding hydrogens is 250 g/mol. The third kappa shape index (κ3) is 1.83. The highest BCUT2D eigenvalue weighted by Crippen LogP contribution is 2.31. The predicted octanol–water partition coefficient (Wildman–Crippen LogP) is 3.22. The van der Waals surface area contributed by atoms with Gasteiger partial charge in [0, 0.05) is 13.1 Å². The number of phenols is 1. The number of imidazole rings is 1. The zero-order valence-corrected chi connectivity index (χ0v) is 10.1. The minimum Gasteiger partial charge on any atom is -0.507 e. The van der Waals surface area contributed by atoms with E-state index in [-0.39, 0.29) is 11.6 Å². The van der Waals surface area contributed by atoms with Gasteiger partial charge in [-0.3, -0.25) is 0 Å². The van der Waals surface area contributed by atoms with Crippen LogP contribution in [0.4, 0.5) is 8.78 Å². The van der Waals surface area contributed by atoms with E-state index < -0.39 is 5.82 Å². The van der Waals surface area contributed by atoms with Gasteiger partial charge in [-0.15, -0.1) is 0 Å². The van der Waals surface area contributed by atoms with Gasteiger partial charge in [0.25, 0.3) is 0 Å². The molecule has 3 rings (SSSR count). The molecule has 0 spiro atoms. The fourth-order valence-corrected chi connectivity index (χ4v) is 2.10. The van der Waals surface area contributed by atoms with E-state index in [0.29, 0.717) is 22.4 Å². The van der Waals surface area contributed by atoms with Crippen molar-refractivity contribution >= 4 is 11.0 Å². The Bertz CT molecular complexity index is 780. The van der Waals surface area contributed by atoms with Gasteiger partial charge < -0.3 is 9.67 Å². The smallest absolute Gasteiger partial charge is 0.144 e. The zero-order chi connectivity index (χ0) is 13.6. The van der Waals surface area contributed by atoms with Crippen molar-refractivity contribution in [2.24, 2.45) is 7.05 Å². The highest BCUT2D eigenvalue weighted by atomic mass is 19.1. The van der Waals surface area contributed by atoms with E-state index in [1.54, 1.807) is 17.7 Å². The first-order chi connectivity index (χ1) is 9.06. The maximum absolute atomic E-state index is 13.2. The quantitative estimate of drug-likeness (QED) is 0.729. The Morgan fingerprint density at radius 1 is 1.05 bits per heavy atom. The highest BCUT2D eigenvalue weighted by molar-refractivity contribution is 5.81. The molecule has 1 aromatic heterocycles. The summed E-state index contributed by atoms with van der Waals surface area (Å²) in [6.45, 7) is 0. The molecule has 5 heteroatoms. The largest absolute Gasteiger partial charge is 0.507 e. The SMILES string of the molecule is Cn1c(-c2ccc(F)cc2O)nc2ccc(F)cc21. The molecule has 96 valence electrons. The summed E-state index contributed by atoms with van der Waals surface area (Å²) in [5, 5.41) is 9.78. The van der Waals surface area contributed by atoms with Crippen molar-refractivity contribution in [2.45, 2.75) is 0 Å². The molecule has 0 aliphatic carbocycles. The second kappa shape index (κ2) is 4.05. The van der Waals surface area contributed by atoms with Crippen LogP contribution in [0, 0.1) is 11.6 Å². The molecule has 3 nitrogen and oxygen atoms in total. The molecule has 0 amide bonds. The number of rotatable bonds is 1. The Kier molecular flexibility index (Phi) is 2.48. The number of benzene rings is 2. The summed E-state index contributed by atoms with van der Waals surface area (Å²) < 4.78 is 27.9. The molecule has 3 aromatic rings. The van der Waals surface area contributed by atoms with Crippen molar-refractivity contribution in [2.75, 3.05) is 0 Å². The van der Waals surface area contributed by atoms with Crippen LogP contribution in [-0.2, 0) is 7.05 Å². The number of hydrogen-bond acceptors (Lipinski definition) is 2. The van der Waals surface area contributed by atoms with E-state index in [1.165, 1.54) is 24.3 Å². The lowest BCUT2D eigenvalue weighted by Gasteiger charge is -2.05. The summed E-state index contributed by atoms with van der Waals surface area (Å²) >= 11 is 0. The van der Waals surface area contributed by atoms with Gasteiger partial charge in [-0.05, 0) is 30.3 Å². The van der Waals surface area contributed by atoms with Crippen LogP contribution < -0.4 is 0 Å². The van der Waals surface area contributed by atoms with Crippen LogP contribution in [0.15, 0.2) is 36.4 Å². The van der Waals surface area contributed by atoms with Crippen molar-refractivity contribution in [1.29, 1.82) is 0 Å². The first-order valence-corrected chi connectivity index (χ1v) is 5.67. The second-order valence-electron chi connectivity index (χ2n) is 4.29. The fraction of sp³-hybridized carbons (Fsp3) is 0.0714. The minimum absolute atomic E-state index is 0.195. The number of fused-ring (bicyclic) bond motifs is 1. The number of aromatic hydroxyl groups is 1. The summed E-state index contributed by atoms with van der Waals surface area (Å²) in [4.78, 5) is 4.33. The van der Waals surface area contributed by atoms with E-state index >= 15 is 0 Å². The zero-order valence-electron chi connectivity index (χ0n) is 10.1. The van der Waals surface area contributed by atoms with Crippen LogP contribution in [0.25, 0.3) is 22.4 Å². The number of phenolic OH excluding ortho intramolecular Hbond substituents is 1. The number of hydrogen-bond donors (Lipinski definition) is 1. The van der Waals surface area contributed by atoms with Gasteiger partial charge in [-0.1, -0.05) is 0 Å². The first-order valence-electron chi connectivity index (χ1n) is 5.67. The molecule has 0 fully saturated rings. The highest BCUT2D eigenvalue weighted by Gasteiger charge is 2.14. The molecule has 1 N–H and O–H groups in total. The van der Waals surface area contributed by atoms with Crippen molar-refractivity contribution in [1.82, 2.24) is 9.55 Å². The maximum Gasteiger partial charge on any atom is 0.144 e.